The average molecular weight is 317 g/mol. The van der Waals surface area contributed by atoms with Gasteiger partial charge in [0.2, 0.25) is 11.8 Å². The van der Waals surface area contributed by atoms with Gasteiger partial charge in [0, 0.05) is 23.3 Å². The van der Waals surface area contributed by atoms with Crippen molar-refractivity contribution in [2.24, 2.45) is 0 Å². The number of amides is 2. The number of carbonyl (C=O) groups is 2. The number of hydrogen-bond donors (Lipinski definition) is 1. The summed E-state index contributed by atoms with van der Waals surface area (Å²) in [5.74, 6) is -0.451. The number of carbonyl (C=O) groups excluding carboxylic acids is 2. The molecule has 22 heavy (non-hydrogen) atoms. The maximum absolute atomic E-state index is 12.1. The fourth-order valence-corrected chi connectivity index (χ4v) is 2.11. The summed E-state index contributed by atoms with van der Waals surface area (Å²) in [5.41, 5.74) is 2.43. The second kappa shape index (κ2) is 7.09. The third kappa shape index (κ3) is 4.33. The second-order valence-corrected chi connectivity index (χ2v) is 5.43. The van der Waals surface area contributed by atoms with Gasteiger partial charge in [-0.3, -0.25) is 9.59 Å². The first-order chi connectivity index (χ1) is 10.5. The Kier molecular flexibility index (Phi) is 5.17. The zero-order valence-corrected chi connectivity index (χ0v) is 13.2. The molecule has 0 bridgehead atoms. The molecule has 0 aliphatic carbocycles. The summed E-state index contributed by atoms with van der Waals surface area (Å²) in [5, 5.41) is 3.34. The van der Waals surface area contributed by atoms with Crippen molar-refractivity contribution in [1.82, 2.24) is 0 Å². The van der Waals surface area contributed by atoms with E-state index in [9.17, 15) is 9.59 Å². The Morgan fingerprint density at radius 1 is 1.05 bits per heavy atom. The third-order valence-corrected chi connectivity index (χ3v) is 3.41. The molecule has 4 nitrogen and oxygen atoms in total. The Hall–Kier alpha value is -2.33. The van der Waals surface area contributed by atoms with Crippen molar-refractivity contribution in [2.75, 3.05) is 16.8 Å². The van der Waals surface area contributed by atoms with Crippen LogP contribution in [-0.4, -0.2) is 18.4 Å². The van der Waals surface area contributed by atoms with Gasteiger partial charge in [0.15, 0.2) is 0 Å². The van der Waals surface area contributed by atoms with Gasteiger partial charge in [-0.1, -0.05) is 29.3 Å². The van der Waals surface area contributed by atoms with Crippen LogP contribution in [0.5, 0.6) is 0 Å². The molecule has 0 aromatic heterocycles. The normalized spacial score (nSPS) is 10.1. The van der Waals surface area contributed by atoms with Gasteiger partial charge in [-0.2, -0.15) is 0 Å². The predicted octanol–water partition coefficient (Wildman–Crippen LogP) is 3.64. The van der Waals surface area contributed by atoms with Crippen molar-refractivity contribution in [1.29, 1.82) is 0 Å². The second-order valence-electron chi connectivity index (χ2n) is 5.00. The van der Waals surface area contributed by atoms with E-state index >= 15 is 0 Å². The molecule has 114 valence electrons. The lowest BCUT2D eigenvalue weighted by atomic mass is 10.2. The van der Waals surface area contributed by atoms with E-state index < -0.39 is 0 Å². The minimum absolute atomic E-state index is 0.0407. The first kappa shape index (κ1) is 16.0. The molecule has 0 saturated heterocycles. The molecule has 0 radical (unpaired) electrons. The van der Waals surface area contributed by atoms with E-state index in [-0.39, 0.29) is 18.4 Å². The van der Waals surface area contributed by atoms with Crippen molar-refractivity contribution in [3.05, 3.63) is 59.1 Å². The molecule has 0 atom stereocenters. The maximum Gasteiger partial charge on any atom is 0.244 e. The third-order valence-electron chi connectivity index (χ3n) is 3.16. The summed E-state index contributed by atoms with van der Waals surface area (Å²) >= 11 is 5.80. The van der Waals surface area contributed by atoms with Gasteiger partial charge in [-0.25, -0.2) is 0 Å². The van der Waals surface area contributed by atoms with Gasteiger partial charge in [0.05, 0.1) is 0 Å². The lowest BCUT2D eigenvalue weighted by Gasteiger charge is -2.20. The van der Waals surface area contributed by atoms with Gasteiger partial charge < -0.3 is 10.2 Å². The SMILES string of the molecule is CC(=O)N(CC(=O)Nc1ccc(Cl)cc1)c1ccc(C)cc1. The van der Waals surface area contributed by atoms with Crippen LogP contribution in [0.4, 0.5) is 11.4 Å². The van der Waals surface area contributed by atoms with Crippen molar-refractivity contribution < 1.29 is 9.59 Å². The summed E-state index contributed by atoms with van der Waals surface area (Å²) in [7, 11) is 0. The van der Waals surface area contributed by atoms with Gasteiger partial charge in [0.1, 0.15) is 6.54 Å². The number of halogens is 1. The van der Waals surface area contributed by atoms with Crippen LogP contribution < -0.4 is 10.2 Å². The molecule has 1 N–H and O–H groups in total. The number of nitrogens with zero attached hydrogens (tertiary/aromatic N) is 1. The van der Waals surface area contributed by atoms with E-state index in [0.717, 1.165) is 5.56 Å². The Morgan fingerprint density at radius 2 is 1.64 bits per heavy atom. The summed E-state index contributed by atoms with van der Waals surface area (Å²) in [6.45, 7) is 3.37. The number of hydrogen-bond acceptors (Lipinski definition) is 2. The van der Waals surface area contributed by atoms with E-state index in [0.29, 0.717) is 16.4 Å². The lowest BCUT2D eigenvalue weighted by molar-refractivity contribution is -0.120. The molecular formula is C17H17ClN2O2. The first-order valence-electron chi connectivity index (χ1n) is 6.86. The Bertz CT molecular complexity index is 666. The summed E-state index contributed by atoms with van der Waals surface area (Å²) < 4.78 is 0. The highest BCUT2D eigenvalue weighted by Crippen LogP contribution is 2.16. The lowest BCUT2D eigenvalue weighted by Crippen LogP contribution is -2.36. The minimum Gasteiger partial charge on any atom is -0.325 e. The van der Waals surface area contributed by atoms with Gasteiger partial charge in [0.25, 0.3) is 0 Å². The molecule has 5 heteroatoms. The molecule has 0 aliphatic heterocycles. The molecule has 2 aromatic rings. The summed E-state index contributed by atoms with van der Waals surface area (Å²) in [4.78, 5) is 25.3. The fraction of sp³-hybridized carbons (Fsp3) is 0.176. The van der Waals surface area contributed by atoms with E-state index in [1.54, 1.807) is 24.3 Å². The molecule has 0 spiro atoms. The van der Waals surface area contributed by atoms with Crippen LogP contribution in [0.3, 0.4) is 0 Å². The maximum atomic E-state index is 12.1. The Balaban J connectivity index is 2.07. The van der Waals surface area contributed by atoms with E-state index in [1.165, 1.54) is 11.8 Å². The zero-order valence-electron chi connectivity index (χ0n) is 12.5. The first-order valence-corrected chi connectivity index (χ1v) is 7.23. The van der Waals surface area contributed by atoms with Crippen LogP contribution in [0.25, 0.3) is 0 Å². The van der Waals surface area contributed by atoms with Crippen LogP contribution in [0, 0.1) is 6.92 Å². The number of aryl methyl sites for hydroxylation is 1. The smallest absolute Gasteiger partial charge is 0.244 e. The summed E-state index contributed by atoms with van der Waals surface area (Å²) in [6, 6.07) is 14.3. The number of nitrogens with one attached hydrogen (secondary N) is 1. The van der Waals surface area contributed by atoms with E-state index in [1.807, 2.05) is 31.2 Å². The van der Waals surface area contributed by atoms with Crippen molar-refractivity contribution in [3.8, 4) is 0 Å². The van der Waals surface area contributed by atoms with Gasteiger partial charge >= 0.3 is 0 Å². The largest absolute Gasteiger partial charge is 0.325 e. The van der Waals surface area contributed by atoms with Crippen LogP contribution >= 0.6 is 11.6 Å². The van der Waals surface area contributed by atoms with E-state index in [4.69, 9.17) is 11.6 Å². The van der Waals surface area contributed by atoms with Gasteiger partial charge in [-0.05, 0) is 43.3 Å². The highest BCUT2D eigenvalue weighted by Gasteiger charge is 2.15. The highest BCUT2D eigenvalue weighted by atomic mass is 35.5. The van der Waals surface area contributed by atoms with Crippen molar-refractivity contribution in [3.63, 3.8) is 0 Å². The van der Waals surface area contributed by atoms with Crippen LogP contribution in [0.15, 0.2) is 48.5 Å². The molecule has 2 rings (SSSR count). The standard InChI is InChI=1S/C17H17ClN2O2/c1-12-3-9-16(10-4-12)20(13(2)21)11-17(22)19-15-7-5-14(18)6-8-15/h3-10H,11H2,1-2H3,(H,19,22). The number of benzene rings is 2. The molecule has 0 unspecified atom stereocenters. The monoisotopic (exact) mass is 316 g/mol. The molecule has 2 amide bonds. The quantitative estimate of drug-likeness (QED) is 0.936. The fourth-order valence-electron chi connectivity index (χ4n) is 1.99. The van der Waals surface area contributed by atoms with E-state index in [2.05, 4.69) is 5.32 Å². The van der Waals surface area contributed by atoms with Crippen LogP contribution in [-0.2, 0) is 9.59 Å². The minimum atomic E-state index is -0.266. The average Bonchev–Trinajstić information content (AvgIpc) is 2.48. The topological polar surface area (TPSA) is 49.4 Å². The predicted molar refractivity (Wildman–Crippen MR) is 89.3 cm³/mol. The van der Waals surface area contributed by atoms with Crippen LogP contribution in [0.2, 0.25) is 5.02 Å². The van der Waals surface area contributed by atoms with Crippen molar-refractivity contribution >= 4 is 34.8 Å². The van der Waals surface area contributed by atoms with Gasteiger partial charge in [-0.15, -0.1) is 0 Å². The molecule has 0 heterocycles. The molecule has 0 saturated carbocycles. The molecule has 2 aromatic carbocycles. The molecule has 0 fully saturated rings. The summed E-state index contributed by atoms with van der Waals surface area (Å²) in [6.07, 6.45) is 0. The molecule has 0 aliphatic rings. The highest BCUT2D eigenvalue weighted by molar-refractivity contribution is 6.30. The number of rotatable bonds is 4. The Morgan fingerprint density at radius 3 is 2.18 bits per heavy atom. The Labute approximate surface area is 134 Å². The number of anilines is 2. The zero-order chi connectivity index (χ0) is 16.1. The van der Waals surface area contributed by atoms with Crippen LogP contribution in [0.1, 0.15) is 12.5 Å². The molecular weight excluding hydrogens is 300 g/mol. The van der Waals surface area contributed by atoms with Crippen molar-refractivity contribution in [2.45, 2.75) is 13.8 Å².